The van der Waals surface area contributed by atoms with Crippen molar-refractivity contribution in [2.75, 3.05) is 0 Å². The van der Waals surface area contributed by atoms with Crippen molar-refractivity contribution < 1.29 is 9.13 Å². The van der Waals surface area contributed by atoms with Gasteiger partial charge in [-0.3, -0.25) is 0 Å². The molecule has 0 spiro atoms. The van der Waals surface area contributed by atoms with E-state index in [-0.39, 0.29) is 5.82 Å². The highest BCUT2D eigenvalue weighted by molar-refractivity contribution is 9.10. The number of nitrogens with one attached hydrogen (secondary N) is 1. The van der Waals surface area contributed by atoms with Crippen molar-refractivity contribution in [3.05, 3.63) is 52.5 Å². The van der Waals surface area contributed by atoms with Gasteiger partial charge >= 0.3 is 0 Å². The van der Waals surface area contributed by atoms with Crippen LogP contribution in [0.1, 0.15) is 5.69 Å². The smallest absolute Gasteiger partial charge is 0.128 e. The van der Waals surface area contributed by atoms with Gasteiger partial charge in [-0.2, -0.15) is 0 Å². The minimum atomic E-state index is -0.259. The zero-order chi connectivity index (χ0) is 10.7. The van der Waals surface area contributed by atoms with E-state index >= 15 is 0 Å². The molecule has 4 heteroatoms. The molecule has 0 aliphatic heterocycles. The lowest BCUT2D eigenvalue weighted by Crippen LogP contribution is -1.95. The molecule has 1 N–H and O–H groups in total. The summed E-state index contributed by atoms with van der Waals surface area (Å²) in [6, 6.07) is 9.79. The van der Waals surface area contributed by atoms with Crippen LogP contribution < -0.4 is 4.74 Å². The first-order valence-electron chi connectivity index (χ1n) is 4.46. The highest BCUT2D eigenvalue weighted by atomic mass is 79.9. The summed E-state index contributed by atoms with van der Waals surface area (Å²) in [6.07, 6.45) is 0. The number of rotatable bonds is 3. The number of halogens is 2. The van der Waals surface area contributed by atoms with Crippen LogP contribution >= 0.6 is 15.9 Å². The number of H-pyrrole nitrogens is 1. The predicted molar refractivity (Wildman–Crippen MR) is 59.2 cm³/mol. The molecule has 78 valence electrons. The van der Waals surface area contributed by atoms with E-state index in [1.54, 1.807) is 12.1 Å². The summed E-state index contributed by atoms with van der Waals surface area (Å²) < 4.78 is 18.9. The van der Waals surface area contributed by atoms with E-state index in [2.05, 4.69) is 20.9 Å². The van der Waals surface area contributed by atoms with Crippen LogP contribution in [0, 0.1) is 5.82 Å². The normalized spacial score (nSPS) is 10.3. The molecule has 2 aromatic rings. The van der Waals surface area contributed by atoms with E-state index in [0.717, 1.165) is 10.3 Å². The number of benzene rings is 1. The molecular weight excluding hydrogens is 261 g/mol. The number of ether oxygens (including phenoxy) is 1. The van der Waals surface area contributed by atoms with Gasteiger partial charge in [0.25, 0.3) is 0 Å². The highest BCUT2D eigenvalue weighted by Gasteiger charge is 1.98. The van der Waals surface area contributed by atoms with Gasteiger partial charge < -0.3 is 9.72 Å². The first kappa shape index (κ1) is 10.2. The Kier molecular flexibility index (Phi) is 3.06. The molecule has 0 radical (unpaired) electrons. The molecule has 2 rings (SSSR count). The Hall–Kier alpha value is -1.29. The van der Waals surface area contributed by atoms with Crippen LogP contribution in [-0.2, 0) is 6.61 Å². The lowest BCUT2D eigenvalue weighted by Gasteiger charge is -2.03. The van der Waals surface area contributed by atoms with Gasteiger partial charge in [0.15, 0.2) is 0 Å². The third-order valence-electron chi connectivity index (χ3n) is 1.92. The maximum atomic E-state index is 12.6. The van der Waals surface area contributed by atoms with Crippen molar-refractivity contribution >= 4 is 15.9 Å². The topological polar surface area (TPSA) is 25.0 Å². The lowest BCUT2D eigenvalue weighted by molar-refractivity contribution is 0.301. The number of aromatic nitrogens is 1. The van der Waals surface area contributed by atoms with Gasteiger partial charge in [0, 0.05) is 0 Å². The Labute approximate surface area is 95.2 Å². The quantitative estimate of drug-likeness (QED) is 0.907. The first-order chi connectivity index (χ1) is 7.24. The second-order valence-electron chi connectivity index (χ2n) is 3.07. The molecule has 0 amide bonds. The summed E-state index contributed by atoms with van der Waals surface area (Å²) in [7, 11) is 0. The van der Waals surface area contributed by atoms with Crippen molar-refractivity contribution in [1.29, 1.82) is 0 Å². The molecule has 0 fully saturated rings. The average molecular weight is 270 g/mol. The molecule has 1 heterocycles. The molecule has 2 nitrogen and oxygen atoms in total. The molecule has 0 unspecified atom stereocenters. The lowest BCUT2D eigenvalue weighted by atomic mass is 10.3. The Bertz CT molecular complexity index is 438. The minimum Gasteiger partial charge on any atom is -0.487 e. The summed E-state index contributed by atoms with van der Waals surface area (Å²) in [5, 5.41) is 0. The van der Waals surface area contributed by atoms with E-state index in [4.69, 9.17) is 4.74 Å². The first-order valence-corrected chi connectivity index (χ1v) is 5.25. The number of hydrogen-bond acceptors (Lipinski definition) is 1. The fraction of sp³-hybridized carbons (Fsp3) is 0.0909. The monoisotopic (exact) mass is 269 g/mol. The third kappa shape index (κ3) is 2.83. The van der Waals surface area contributed by atoms with E-state index in [1.165, 1.54) is 12.1 Å². The maximum absolute atomic E-state index is 12.6. The fourth-order valence-electron chi connectivity index (χ4n) is 1.19. The molecule has 0 saturated heterocycles. The standard InChI is InChI=1S/C11H9BrFNO/c12-11-6-3-9(14-11)7-15-10-4-1-8(13)2-5-10/h1-6,14H,7H2. The third-order valence-corrected chi connectivity index (χ3v) is 2.38. The minimum absolute atomic E-state index is 0.259. The van der Waals surface area contributed by atoms with Gasteiger partial charge in [-0.05, 0) is 52.3 Å². The van der Waals surface area contributed by atoms with Crippen LogP contribution in [0.4, 0.5) is 4.39 Å². The van der Waals surface area contributed by atoms with Crippen LogP contribution in [0.15, 0.2) is 41.0 Å². The molecule has 0 saturated carbocycles. The summed E-state index contributed by atoms with van der Waals surface area (Å²) >= 11 is 3.31. The second kappa shape index (κ2) is 4.49. The predicted octanol–water partition coefficient (Wildman–Crippen LogP) is 3.50. The highest BCUT2D eigenvalue weighted by Crippen LogP contribution is 2.14. The van der Waals surface area contributed by atoms with Crippen LogP contribution in [0.2, 0.25) is 0 Å². The molecule has 1 aromatic heterocycles. The van der Waals surface area contributed by atoms with Crippen molar-refractivity contribution in [3.63, 3.8) is 0 Å². The van der Waals surface area contributed by atoms with Crippen molar-refractivity contribution in [2.24, 2.45) is 0 Å². The number of aromatic amines is 1. The van der Waals surface area contributed by atoms with Crippen LogP contribution in [0.5, 0.6) is 5.75 Å². The van der Waals surface area contributed by atoms with Gasteiger partial charge in [0.1, 0.15) is 18.2 Å². The summed E-state index contributed by atoms with van der Waals surface area (Å²) in [5.74, 6) is 0.395. The summed E-state index contributed by atoms with van der Waals surface area (Å²) in [6.45, 7) is 0.442. The zero-order valence-corrected chi connectivity index (χ0v) is 9.42. The summed E-state index contributed by atoms with van der Waals surface area (Å²) in [5.41, 5.74) is 0.964. The van der Waals surface area contributed by atoms with Gasteiger partial charge in [0.05, 0.1) is 10.3 Å². The number of hydrogen-bond donors (Lipinski definition) is 1. The molecule has 0 bridgehead atoms. The van der Waals surface area contributed by atoms with E-state index in [0.29, 0.717) is 12.4 Å². The fourth-order valence-corrected chi connectivity index (χ4v) is 1.57. The Morgan fingerprint density at radius 3 is 2.47 bits per heavy atom. The molecule has 0 atom stereocenters. The van der Waals surface area contributed by atoms with E-state index < -0.39 is 0 Å². The zero-order valence-electron chi connectivity index (χ0n) is 7.84. The maximum Gasteiger partial charge on any atom is 0.128 e. The molecular formula is C11H9BrFNO. The second-order valence-corrected chi connectivity index (χ2v) is 3.93. The average Bonchev–Trinajstić information content (AvgIpc) is 2.64. The van der Waals surface area contributed by atoms with Gasteiger partial charge in [-0.1, -0.05) is 0 Å². The van der Waals surface area contributed by atoms with Crippen LogP contribution in [0.3, 0.4) is 0 Å². The Morgan fingerprint density at radius 1 is 1.13 bits per heavy atom. The van der Waals surface area contributed by atoms with Crippen molar-refractivity contribution in [1.82, 2.24) is 4.98 Å². The van der Waals surface area contributed by atoms with Gasteiger partial charge in [-0.15, -0.1) is 0 Å². The van der Waals surface area contributed by atoms with E-state index in [9.17, 15) is 4.39 Å². The van der Waals surface area contributed by atoms with Gasteiger partial charge in [-0.25, -0.2) is 4.39 Å². The van der Waals surface area contributed by atoms with Gasteiger partial charge in [0.2, 0.25) is 0 Å². The molecule has 15 heavy (non-hydrogen) atoms. The Balaban J connectivity index is 1.96. The van der Waals surface area contributed by atoms with Crippen LogP contribution in [-0.4, -0.2) is 4.98 Å². The summed E-state index contributed by atoms with van der Waals surface area (Å²) in [4.78, 5) is 3.08. The van der Waals surface area contributed by atoms with Crippen molar-refractivity contribution in [3.8, 4) is 5.75 Å². The molecule has 0 aliphatic rings. The SMILES string of the molecule is Fc1ccc(OCc2ccc(Br)[nH]2)cc1. The molecule has 0 aliphatic carbocycles. The van der Waals surface area contributed by atoms with Crippen LogP contribution in [0.25, 0.3) is 0 Å². The Morgan fingerprint density at radius 2 is 1.87 bits per heavy atom. The van der Waals surface area contributed by atoms with Crippen molar-refractivity contribution in [2.45, 2.75) is 6.61 Å². The molecule has 1 aromatic carbocycles. The largest absolute Gasteiger partial charge is 0.487 e. The van der Waals surface area contributed by atoms with E-state index in [1.807, 2.05) is 12.1 Å².